The van der Waals surface area contributed by atoms with Crippen molar-refractivity contribution in [2.75, 3.05) is 16.8 Å². The van der Waals surface area contributed by atoms with Crippen molar-refractivity contribution >= 4 is 29.3 Å². The van der Waals surface area contributed by atoms with Crippen LogP contribution in [-0.4, -0.2) is 52.4 Å². The van der Waals surface area contributed by atoms with E-state index in [9.17, 15) is 27.6 Å². The van der Waals surface area contributed by atoms with Gasteiger partial charge >= 0.3 is 18.2 Å². The number of nitrogens with zero attached hydrogens (tertiary/aromatic N) is 3. The van der Waals surface area contributed by atoms with E-state index in [4.69, 9.17) is 0 Å². The number of alkyl halides is 3. The van der Waals surface area contributed by atoms with Gasteiger partial charge in [0.05, 0.1) is 29.0 Å². The molecular formula is C27H21F3N4O3. The van der Waals surface area contributed by atoms with E-state index in [1.165, 1.54) is 17.0 Å². The van der Waals surface area contributed by atoms with Crippen LogP contribution < -0.4 is 10.2 Å². The predicted molar refractivity (Wildman–Crippen MR) is 130 cm³/mol. The number of piperazine rings is 1. The van der Waals surface area contributed by atoms with E-state index in [0.29, 0.717) is 12.1 Å². The number of para-hydroxylation sites is 1. The van der Waals surface area contributed by atoms with Crippen LogP contribution in [0.15, 0.2) is 78.9 Å². The van der Waals surface area contributed by atoms with Gasteiger partial charge in [0.2, 0.25) is 0 Å². The van der Waals surface area contributed by atoms with Crippen molar-refractivity contribution in [1.29, 1.82) is 0 Å². The smallest absolute Gasteiger partial charge is 0.317 e. The largest absolute Gasteiger partial charge is 0.416 e. The molecule has 5 amide bonds. The molecule has 0 aliphatic carbocycles. The lowest BCUT2D eigenvalue weighted by molar-refractivity contribution is -0.137. The fourth-order valence-corrected chi connectivity index (χ4v) is 5.60. The van der Waals surface area contributed by atoms with Gasteiger partial charge in [-0.25, -0.2) is 14.5 Å². The fourth-order valence-electron chi connectivity index (χ4n) is 5.60. The summed E-state index contributed by atoms with van der Waals surface area (Å²) in [6.45, 7) is 0.232. The van der Waals surface area contributed by atoms with Crippen LogP contribution in [0.4, 0.5) is 34.1 Å². The molecule has 3 aromatic carbocycles. The Balaban J connectivity index is 1.24. The third-order valence-electron chi connectivity index (χ3n) is 7.21. The monoisotopic (exact) mass is 506 g/mol. The van der Waals surface area contributed by atoms with Gasteiger partial charge < -0.3 is 15.1 Å². The normalized spacial score (nSPS) is 22.6. The van der Waals surface area contributed by atoms with Gasteiger partial charge in [-0.3, -0.25) is 4.79 Å². The Kier molecular flexibility index (Phi) is 5.22. The lowest BCUT2D eigenvalue weighted by Crippen LogP contribution is -2.55. The highest BCUT2D eigenvalue weighted by atomic mass is 19.4. The number of imide groups is 1. The molecule has 0 saturated carbocycles. The molecule has 188 valence electrons. The predicted octanol–water partition coefficient (Wildman–Crippen LogP) is 5.20. The van der Waals surface area contributed by atoms with Gasteiger partial charge in [0, 0.05) is 12.1 Å². The van der Waals surface area contributed by atoms with E-state index in [2.05, 4.69) is 5.32 Å². The molecule has 3 aromatic rings. The second-order valence-electron chi connectivity index (χ2n) is 9.31. The fraction of sp³-hybridized carbons (Fsp3) is 0.222. The summed E-state index contributed by atoms with van der Waals surface area (Å²) in [4.78, 5) is 43.6. The zero-order valence-electron chi connectivity index (χ0n) is 19.4. The Bertz CT molecular complexity index is 1410. The molecule has 3 atom stereocenters. The minimum absolute atomic E-state index is 0.133. The lowest BCUT2D eigenvalue weighted by Gasteiger charge is -2.35. The average Bonchev–Trinajstić information content (AvgIpc) is 3.56. The molecule has 0 radical (unpaired) electrons. The third-order valence-corrected chi connectivity index (χ3v) is 7.21. The maximum absolute atomic E-state index is 13.3. The number of urea groups is 2. The SMILES string of the molecule is O=C1[C@H]2C3CC(CN3C(=O)Nc3ccccc3-c3ccccc3)N2C(=O)N1c1cccc(C(F)(F)F)c1. The molecule has 2 bridgehead atoms. The Labute approximate surface area is 210 Å². The molecule has 3 saturated heterocycles. The maximum Gasteiger partial charge on any atom is 0.416 e. The van der Waals surface area contributed by atoms with Crippen molar-refractivity contribution in [2.24, 2.45) is 0 Å². The van der Waals surface area contributed by atoms with Crippen LogP contribution in [0.1, 0.15) is 12.0 Å². The van der Waals surface area contributed by atoms with Crippen LogP contribution >= 0.6 is 0 Å². The number of carbonyl (C=O) groups is 3. The van der Waals surface area contributed by atoms with E-state index in [-0.39, 0.29) is 12.2 Å². The molecule has 1 N–H and O–H groups in total. The van der Waals surface area contributed by atoms with Crippen molar-refractivity contribution in [3.8, 4) is 11.1 Å². The van der Waals surface area contributed by atoms with E-state index in [1.807, 2.05) is 48.5 Å². The highest BCUT2D eigenvalue weighted by Gasteiger charge is 2.63. The Morgan fingerprint density at radius 3 is 2.41 bits per heavy atom. The Morgan fingerprint density at radius 2 is 1.65 bits per heavy atom. The molecule has 10 heteroatoms. The summed E-state index contributed by atoms with van der Waals surface area (Å²) in [5.74, 6) is -0.626. The summed E-state index contributed by atoms with van der Waals surface area (Å²) in [7, 11) is 0. The first-order valence-corrected chi connectivity index (χ1v) is 11.8. The summed E-state index contributed by atoms with van der Waals surface area (Å²) in [5.41, 5.74) is 1.30. The van der Waals surface area contributed by atoms with Crippen LogP contribution in [0, 0.1) is 0 Å². The minimum Gasteiger partial charge on any atom is -0.317 e. The first kappa shape index (κ1) is 23.1. The molecule has 6 rings (SSSR count). The highest BCUT2D eigenvalue weighted by molar-refractivity contribution is 6.22. The molecule has 0 aromatic heterocycles. The van der Waals surface area contributed by atoms with Crippen molar-refractivity contribution < 1.29 is 27.6 Å². The summed E-state index contributed by atoms with van der Waals surface area (Å²) in [5, 5.41) is 2.94. The molecule has 2 unspecified atom stereocenters. The van der Waals surface area contributed by atoms with Crippen molar-refractivity contribution in [3.05, 3.63) is 84.4 Å². The molecule has 7 nitrogen and oxygen atoms in total. The van der Waals surface area contributed by atoms with Gasteiger partial charge in [0.25, 0.3) is 5.91 Å². The quantitative estimate of drug-likeness (QED) is 0.497. The van der Waals surface area contributed by atoms with E-state index < -0.39 is 47.8 Å². The van der Waals surface area contributed by atoms with E-state index >= 15 is 0 Å². The van der Waals surface area contributed by atoms with E-state index in [1.54, 1.807) is 11.0 Å². The molecule has 3 heterocycles. The van der Waals surface area contributed by atoms with Crippen LogP contribution in [0.3, 0.4) is 0 Å². The van der Waals surface area contributed by atoms with E-state index in [0.717, 1.165) is 28.2 Å². The number of fused-ring (bicyclic) bond motifs is 5. The molecule has 0 spiro atoms. The van der Waals surface area contributed by atoms with Gasteiger partial charge in [-0.1, -0.05) is 54.6 Å². The van der Waals surface area contributed by atoms with Crippen LogP contribution in [0.25, 0.3) is 11.1 Å². The van der Waals surface area contributed by atoms with Gasteiger partial charge in [-0.05, 0) is 36.2 Å². The first-order chi connectivity index (χ1) is 17.7. The second kappa shape index (κ2) is 8.36. The number of rotatable bonds is 3. The van der Waals surface area contributed by atoms with Crippen molar-refractivity contribution in [1.82, 2.24) is 9.80 Å². The topological polar surface area (TPSA) is 73.0 Å². The number of hydrogen-bond acceptors (Lipinski definition) is 3. The lowest BCUT2D eigenvalue weighted by atomic mass is 10.0. The number of halogens is 3. The number of nitrogens with one attached hydrogen (secondary N) is 1. The molecule has 3 fully saturated rings. The summed E-state index contributed by atoms with van der Waals surface area (Å²) in [6, 6.07) is 18.2. The molecular weight excluding hydrogens is 485 g/mol. The van der Waals surface area contributed by atoms with Gasteiger partial charge in [-0.15, -0.1) is 0 Å². The van der Waals surface area contributed by atoms with Crippen LogP contribution in [-0.2, 0) is 11.0 Å². The van der Waals surface area contributed by atoms with Crippen molar-refractivity contribution in [2.45, 2.75) is 30.7 Å². The number of benzene rings is 3. The summed E-state index contributed by atoms with van der Waals surface area (Å²) >= 11 is 0. The highest BCUT2D eigenvalue weighted by Crippen LogP contribution is 2.43. The summed E-state index contributed by atoms with van der Waals surface area (Å²) < 4.78 is 39.7. The zero-order valence-corrected chi connectivity index (χ0v) is 19.4. The van der Waals surface area contributed by atoms with Gasteiger partial charge in [-0.2, -0.15) is 13.2 Å². The number of anilines is 2. The van der Waals surface area contributed by atoms with Gasteiger partial charge in [0.1, 0.15) is 6.04 Å². The Morgan fingerprint density at radius 1 is 0.919 bits per heavy atom. The standard InChI is InChI=1S/C27H21F3N4O3/c28-27(29,30)17-9-6-10-18(13-17)34-24(35)23-22-14-19(33(23)26(34)37)15-32(22)25(36)31-21-12-5-4-11-20(21)16-7-2-1-3-8-16/h1-13,19,22-23H,14-15H2,(H,31,36)/t19?,22?,23-/m1/s1. The van der Waals surface area contributed by atoms with Crippen LogP contribution in [0.5, 0.6) is 0 Å². The Hall–Kier alpha value is -4.34. The average molecular weight is 506 g/mol. The number of amides is 5. The number of likely N-dealkylation sites (tertiary alicyclic amines) is 1. The van der Waals surface area contributed by atoms with Crippen molar-refractivity contribution in [3.63, 3.8) is 0 Å². The first-order valence-electron chi connectivity index (χ1n) is 11.8. The maximum atomic E-state index is 13.3. The number of hydrogen-bond donors (Lipinski definition) is 1. The third kappa shape index (κ3) is 3.71. The number of carbonyl (C=O) groups excluding carboxylic acids is 3. The molecule has 3 aliphatic rings. The van der Waals surface area contributed by atoms with Crippen LogP contribution in [0.2, 0.25) is 0 Å². The van der Waals surface area contributed by atoms with Gasteiger partial charge in [0.15, 0.2) is 0 Å². The second-order valence-corrected chi connectivity index (χ2v) is 9.31. The molecule has 3 aliphatic heterocycles. The zero-order chi connectivity index (χ0) is 25.9. The molecule has 37 heavy (non-hydrogen) atoms. The minimum atomic E-state index is -4.61. The summed E-state index contributed by atoms with van der Waals surface area (Å²) in [6.07, 6.45) is -4.17.